The summed E-state index contributed by atoms with van der Waals surface area (Å²) in [5.41, 5.74) is 6.13. The molecular weight excluding hydrogens is 288 g/mol. The highest BCUT2D eigenvalue weighted by molar-refractivity contribution is 5.76. The Balaban J connectivity index is 1.78. The Hall–Kier alpha value is -1.93. The maximum atomic E-state index is 12.0. The molecule has 0 bridgehead atoms. The van der Waals surface area contributed by atoms with Crippen LogP contribution in [0.1, 0.15) is 18.4 Å². The van der Waals surface area contributed by atoms with Crippen molar-refractivity contribution in [2.75, 3.05) is 19.8 Å². The van der Waals surface area contributed by atoms with Gasteiger partial charge in [-0.1, -0.05) is 0 Å². The van der Waals surface area contributed by atoms with Gasteiger partial charge < -0.3 is 20.5 Å². The summed E-state index contributed by atoms with van der Waals surface area (Å²) in [7, 11) is 0. The van der Waals surface area contributed by atoms with E-state index in [2.05, 4.69) is 10.4 Å². The van der Waals surface area contributed by atoms with Crippen LogP contribution in [0.5, 0.6) is 0 Å². The van der Waals surface area contributed by atoms with Gasteiger partial charge in [0.15, 0.2) is 0 Å². The zero-order chi connectivity index (χ0) is 15.9. The van der Waals surface area contributed by atoms with E-state index in [4.69, 9.17) is 15.2 Å². The SMILES string of the molecule is Cc1cnn(CCC(=O)N[C@@H]2CCOC[C@H]2OCC(N)=O)c1. The van der Waals surface area contributed by atoms with Gasteiger partial charge in [0.1, 0.15) is 12.7 Å². The molecule has 2 amide bonds. The molecule has 1 aliphatic rings. The predicted molar refractivity (Wildman–Crippen MR) is 77.9 cm³/mol. The summed E-state index contributed by atoms with van der Waals surface area (Å²) in [5.74, 6) is -0.613. The van der Waals surface area contributed by atoms with Crippen LogP contribution in [-0.4, -0.2) is 53.6 Å². The molecule has 0 spiro atoms. The van der Waals surface area contributed by atoms with Gasteiger partial charge in [-0.25, -0.2) is 0 Å². The summed E-state index contributed by atoms with van der Waals surface area (Å²) >= 11 is 0. The molecule has 1 aliphatic heterocycles. The van der Waals surface area contributed by atoms with Crippen LogP contribution >= 0.6 is 0 Å². The van der Waals surface area contributed by atoms with Crippen molar-refractivity contribution in [3.63, 3.8) is 0 Å². The second-order valence-corrected chi connectivity index (χ2v) is 5.38. The van der Waals surface area contributed by atoms with Crippen LogP contribution in [0.2, 0.25) is 0 Å². The summed E-state index contributed by atoms with van der Waals surface area (Å²) in [6, 6.07) is -0.167. The van der Waals surface area contributed by atoms with Crippen LogP contribution in [0, 0.1) is 6.92 Å². The fraction of sp³-hybridized carbons (Fsp3) is 0.643. The highest BCUT2D eigenvalue weighted by atomic mass is 16.5. The molecule has 8 heteroatoms. The molecule has 1 aromatic heterocycles. The van der Waals surface area contributed by atoms with Gasteiger partial charge in [-0.05, 0) is 18.9 Å². The molecule has 122 valence electrons. The number of primary amides is 1. The molecule has 1 saturated heterocycles. The van der Waals surface area contributed by atoms with E-state index in [-0.39, 0.29) is 24.7 Å². The molecule has 1 aromatic rings. The summed E-state index contributed by atoms with van der Waals surface area (Å²) in [5, 5.41) is 7.07. The van der Waals surface area contributed by atoms with E-state index in [9.17, 15) is 9.59 Å². The van der Waals surface area contributed by atoms with Crippen molar-refractivity contribution in [3.8, 4) is 0 Å². The van der Waals surface area contributed by atoms with Crippen molar-refractivity contribution < 1.29 is 19.1 Å². The Morgan fingerprint density at radius 1 is 1.59 bits per heavy atom. The minimum Gasteiger partial charge on any atom is -0.379 e. The highest BCUT2D eigenvalue weighted by Crippen LogP contribution is 2.12. The van der Waals surface area contributed by atoms with Crippen LogP contribution in [0.25, 0.3) is 0 Å². The average molecular weight is 310 g/mol. The predicted octanol–water partition coefficient (Wildman–Crippen LogP) is -0.643. The van der Waals surface area contributed by atoms with E-state index >= 15 is 0 Å². The molecule has 1 fully saturated rings. The first-order chi connectivity index (χ1) is 10.5. The molecule has 2 atom stereocenters. The third-order valence-corrected chi connectivity index (χ3v) is 3.42. The lowest BCUT2D eigenvalue weighted by molar-refractivity contribution is -0.132. The maximum absolute atomic E-state index is 12.0. The van der Waals surface area contributed by atoms with E-state index in [1.54, 1.807) is 10.9 Å². The molecule has 0 saturated carbocycles. The lowest BCUT2D eigenvalue weighted by atomic mass is 10.1. The standard InChI is InChI=1S/C14H22N4O4/c1-10-6-16-18(7-10)4-2-14(20)17-11-3-5-21-8-12(11)22-9-13(15)19/h6-7,11-12H,2-5,8-9H2,1H3,(H2,15,19)(H,17,20)/t11-,12-/m1/s1. The molecule has 3 N–H and O–H groups in total. The average Bonchev–Trinajstić information content (AvgIpc) is 2.90. The number of carbonyl (C=O) groups excluding carboxylic acids is 2. The van der Waals surface area contributed by atoms with Gasteiger partial charge in [0.25, 0.3) is 0 Å². The third-order valence-electron chi connectivity index (χ3n) is 3.42. The largest absolute Gasteiger partial charge is 0.379 e. The van der Waals surface area contributed by atoms with Crippen LogP contribution in [0.4, 0.5) is 0 Å². The number of aromatic nitrogens is 2. The fourth-order valence-electron chi connectivity index (χ4n) is 2.31. The molecule has 0 unspecified atom stereocenters. The molecule has 22 heavy (non-hydrogen) atoms. The summed E-state index contributed by atoms with van der Waals surface area (Å²) in [6.45, 7) is 3.20. The first-order valence-corrected chi connectivity index (χ1v) is 7.30. The summed E-state index contributed by atoms with van der Waals surface area (Å²) in [4.78, 5) is 22.8. The molecule has 8 nitrogen and oxygen atoms in total. The lowest BCUT2D eigenvalue weighted by Crippen LogP contribution is -2.50. The Bertz CT molecular complexity index is 517. The number of nitrogens with one attached hydrogen (secondary N) is 1. The number of nitrogens with zero attached hydrogens (tertiary/aromatic N) is 2. The Labute approximate surface area is 128 Å². The van der Waals surface area contributed by atoms with E-state index in [0.717, 1.165) is 5.56 Å². The molecule has 2 rings (SSSR count). The van der Waals surface area contributed by atoms with Gasteiger partial charge in [-0.15, -0.1) is 0 Å². The quantitative estimate of drug-likeness (QED) is 0.696. The van der Waals surface area contributed by atoms with Crippen molar-refractivity contribution in [2.45, 2.75) is 38.5 Å². The van der Waals surface area contributed by atoms with Crippen molar-refractivity contribution in [2.24, 2.45) is 5.73 Å². The van der Waals surface area contributed by atoms with Gasteiger partial charge in [-0.2, -0.15) is 5.10 Å². The smallest absolute Gasteiger partial charge is 0.243 e. The van der Waals surface area contributed by atoms with Crippen molar-refractivity contribution in [3.05, 3.63) is 18.0 Å². The van der Waals surface area contributed by atoms with Gasteiger partial charge in [-0.3, -0.25) is 14.3 Å². The zero-order valence-corrected chi connectivity index (χ0v) is 12.7. The van der Waals surface area contributed by atoms with Gasteiger partial charge in [0.2, 0.25) is 11.8 Å². The maximum Gasteiger partial charge on any atom is 0.243 e. The number of ether oxygens (including phenoxy) is 2. The lowest BCUT2D eigenvalue weighted by Gasteiger charge is -2.31. The van der Waals surface area contributed by atoms with Gasteiger partial charge >= 0.3 is 0 Å². The monoisotopic (exact) mass is 310 g/mol. The minimum atomic E-state index is -0.537. The molecule has 0 radical (unpaired) electrons. The second-order valence-electron chi connectivity index (χ2n) is 5.38. The van der Waals surface area contributed by atoms with Crippen LogP contribution < -0.4 is 11.1 Å². The van der Waals surface area contributed by atoms with Crippen LogP contribution in [0.3, 0.4) is 0 Å². The van der Waals surface area contributed by atoms with Crippen molar-refractivity contribution in [1.29, 1.82) is 0 Å². The summed E-state index contributed by atoms with van der Waals surface area (Å²) in [6.07, 6.45) is 4.28. The number of carbonyl (C=O) groups is 2. The number of aryl methyl sites for hydroxylation is 2. The Kier molecular flexibility index (Phi) is 5.91. The number of hydrogen-bond donors (Lipinski definition) is 2. The summed E-state index contributed by atoms with van der Waals surface area (Å²) < 4.78 is 12.4. The van der Waals surface area contributed by atoms with Gasteiger partial charge in [0, 0.05) is 25.8 Å². The van der Waals surface area contributed by atoms with Crippen LogP contribution in [-0.2, 0) is 25.6 Å². The van der Waals surface area contributed by atoms with Gasteiger partial charge in [0.05, 0.1) is 18.8 Å². The normalized spacial score (nSPS) is 21.5. The van der Waals surface area contributed by atoms with E-state index in [1.807, 2.05) is 13.1 Å². The zero-order valence-electron chi connectivity index (χ0n) is 12.7. The second kappa shape index (κ2) is 7.90. The first-order valence-electron chi connectivity index (χ1n) is 7.30. The van der Waals surface area contributed by atoms with E-state index < -0.39 is 5.91 Å². The number of amides is 2. The minimum absolute atomic E-state index is 0.0762. The molecule has 0 aromatic carbocycles. The number of rotatable bonds is 7. The number of hydrogen-bond acceptors (Lipinski definition) is 5. The molecule has 0 aliphatic carbocycles. The molecule has 2 heterocycles. The van der Waals surface area contributed by atoms with Crippen LogP contribution in [0.15, 0.2) is 12.4 Å². The van der Waals surface area contributed by atoms with E-state index in [1.165, 1.54) is 0 Å². The third kappa shape index (κ3) is 5.12. The fourth-order valence-corrected chi connectivity index (χ4v) is 2.31. The van der Waals surface area contributed by atoms with Crippen molar-refractivity contribution >= 4 is 11.8 Å². The topological polar surface area (TPSA) is 108 Å². The first kappa shape index (κ1) is 16.4. The Morgan fingerprint density at radius 2 is 2.41 bits per heavy atom. The highest BCUT2D eigenvalue weighted by Gasteiger charge is 2.28. The number of nitrogens with two attached hydrogens (primary N) is 1. The van der Waals surface area contributed by atoms with E-state index in [0.29, 0.717) is 32.6 Å². The van der Waals surface area contributed by atoms with Crippen molar-refractivity contribution in [1.82, 2.24) is 15.1 Å². The molecular formula is C14H22N4O4. The Morgan fingerprint density at radius 3 is 3.09 bits per heavy atom.